The molecule has 0 spiro atoms. The summed E-state index contributed by atoms with van der Waals surface area (Å²) in [7, 11) is 0. The fraction of sp³-hybridized carbons (Fsp3) is 0.600. The topological polar surface area (TPSA) is 69.9 Å². The molecular formula is C20H31NO3. The van der Waals surface area contributed by atoms with E-state index in [1.54, 1.807) is 12.1 Å². The van der Waals surface area contributed by atoms with Crippen molar-refractivity contribution in [3.05, 3.63) is 35.4 Å². The van der Waals surface area contributed by atoms with Crippen molar-refractivity contribution >= 4 is 11.7 Å². The zero-order valence-corrected chi connectivity index (χ0v) is 14.8. The van der Waals surface area contributed by atoms with Crippen LogP contribution in [0.1, 0.15) is 82.3 Å². The van der Waals surface area contributed by atoms with E-state index in [9.17, 15) is 4.79 Å². The zero-order valence-electron chi connectivity index (χ0n) is 14.8. The zero-order chi connectivity index (χ0) is 17.6. The number of hydrogen-bond acceptors (Lipinski definition) is 3. The molecule has 0 aliphatic rings. The number of hydrogen-bond donors (Lipinski definition) is 2. The molecule has 0 radical (unpaired) electrons. The van der Waals surface area contributed by atoms with Crippen molar-refractivity contribution in [3.63, 3.8) is 0 Å². The van der Waals surface area contributed by atoms with E-state index in [4.69, 9.17) is 10.3 Å². The van der Waals surface area contributed by atoms with Crippen LogP contribution < -0.4 is 0 Å². The molecule has 1 aromatic carbocycles. The standard InChI is InChI=1S/C20H31NO3/c1-2-3-4-5-6-7-8-9-10-11-12-17-13-15-18(16-14-17)19(21-24)20(22)23/h13-16,24H,2-12H2,1H3,(H,22,23). The molecule has 0 amide bonds. The van der Waals surface area contributed by atoms with Gasteiger partial charge in [-0.15, -0.1) is 0 Å². The highest BCUT2D eigenvalue weighted by atomic mass is 16.4. The summed E-state index contributed by atoms with van der Waals surface area (Å²) in [5.74, 6) is -1.22. The van der Waals surface area contributed by atoms with Crippen molar-refractivity contribution in [1.82, 2.24) is 0 Å². The van der Waals surface area contributed by atoms with Gasteiger partial charge >= 0.3 is 5.97 Å². The monoisotopic (exact) mass is 333 g/mol. The normalized spacial score (nSPS) is 11.6. The van der Waals surface area contributed by atoms with Crippen molar-refractivity contribution < 1.29 is 15.1 Å². The average molecular weight is 333 g/mol. The van der Waals surface area contributed by atoms with Crippen LogP contribution in [0, 0.1) is 0 Å². The Morgan fingerprint density at radius 3 is 1.83 bits per heavy atom. The Morgan fingerprint density at radius 1 is 0.875 bits per heavy atom. The van der Waals surface area contributed by atoms with Crippen LogP contribution in [0.15, 0.2) is 29.4 Å². The van der Waals surface area contributed by atoms with Crippen molar-refractivity contribution in [2.75, 3.05) is 0 Å². The number of nitrogens with zero attached hydrogens (tertiary/aromatic N) is 1. The Bertz CT molecular complexity index is 494. The summed E-state index contributed by atoms with van der Waals surface area (Å²) in [5, 5.41) is 20.5. The van der Waals surface area contributed by atoms with Gasteiger partial charge in [-0.1, -0.05) is 94.1 Å². The molecule has 134 valence electrons. The Balaban J connectivity index is 2.14. The largest absolute Gasteiger partial charge is 0.476 e. The highest BCUT2D eigenvalue weighted by molar-refractivity contribution is 6.42. The van der Waals surface area contributed by atoms with E-state index in [1.807, 2.05) is 12.1 Å². The Morgan fingerprint density at radius 2 is 1.38 bits per heavy atom. The molecule has 0 heterocycles. The van der Waals surface area contributed by atoms with Crippen LogP contribution in [0.3, 0.4) is 0 Å². The third-order valence-electron chi connectivity index (χ3n) is 4.35. The lowest BCUT2D eigenvalue weighted by molar-refractivity contribution is -0.129. The highest BCUT2D eigenvalue weighted by Gasteiger charge is 2.12. The molecule has 4 nitrogen and oxygen atoms in total. The molecule has 0 bridgehead atoms. The maximum atomic E-state index is 10.9. The quantitative estimate of drug-likeness (QED) is 0.219. The molecule has 0 aliphatic carbocycles. The van der Waals surface area contributed by atoms with Crippen LogP contribution in [0.5, 0.6) is 0 Å². The van der Waals surface area contributed by atoms with Crippen LogP contribution >= 0.6 is 0 Å². The van der Waals surface area contributed by atoms with Crippen molar-refractivity contribution in [3.8, 4) is 0 Å². The van der Waals surface area contributed by atoms with Gasteiger partial charge in [0.15, 0.2) is 5.71 Å². The summed E-state index contributed by atoms with van der Waals surface area (Å²) in [5.41, 5.74) is 1.30. The van der Waals surface area contributed by atoms with Crippen LogP contribution in [-0.4, -0.2) is 22.0 Å². The lowest BCUT2D eigenvalue weighted by Gasteiger charge is -2.04. The molecule has 0 saturated carbocycles. The van der Waals surface area contributed by atoms with Gasteiger partial charge in [0.05, 0.1) is 0 Å². The van der Waals surface area contributed by atoms with E-state index in [-0.39, 0.29) is 5.71 Å². The minimum absolute atomic E-state index is 0.319. The summed E-state index contributed by atoms with van der Waals surface area (Å²) < 4.78 is 0. The molecule has 4 heteroatoms. The van der Waals surface area contributed by atoms with Crippen molar-refractivity contribution in [1.29, 1.82) is 0 Å². The highest BCUT2D eigenvalue weighted by Crippen LogP contribution is 2.13. The second-order valence-electron chi connectivity index (χ2n) is 6.38. The molecule has 2 N–H and O–H groups in total. The fourth-order valence-electron chi connectivity index (χ4n) is 2.87. The average Bonchev–Trinajstić information content (AvgIpc) is 2.58. The smallest absolute Gasteiger partial charge is 0.358 e. The number of aliphatic carboxylic acids is 1. The fourth-order valence-corrected chi connectivity index (χ4v) is 2.87. The Labute approximate surface area is 145 Å². The van der Waals surface area contributed by atoms with Gasteiger partial charge in [-0.25, -0.2) is 4.79 Å². The first-order valence-corrected chi connectivity index (χ1v) is 9.23. The number of rotatable bonds is 13. The van der Waals surface area contributed by atoms with Crippen LogP contribution in [0.2, 0.25) is 0 Å². The van der Waals surface area contributed by atoms with E-state index in [1.165, 1.54) is 63.4 Å². The summed E-state index contributed by atoms with van der Waals surface area (Å²) in [6.07, 6.45) is 14.2. The predicted octanol–water partition coefficient (Wildman–Crippen LogP) is 5.41. The first-order chi connectivity index (χ1) is 11.7. The molecule has 0 atom stereocenters. The van der Waals surface area contributed by atoms with Gasteiger partial charge in [-0.2, -0.15) is 0 Å². The number of oxime groups is 1. The van der Waals surface area contributed by atoms with Gasteiger partial charge < -0.3 is 10.3 Å². The van der Waals surface area contributed by atoms with E-state index < -0.39 is 5.97 Å². The van der Waals surface area contributed by atoms with E-state index in [0.717, 1.165) is 12.8 Å². The van der Waals surface area contributed by atoms with Crippen LogP contribution in [0.25, 0.3) is 0 Å². The molecule has 1 rings (SSSR count). The second-order valence-corrected chi connectivity index (χ2v) is 6.38. The first kappa shape index (κ1) is 20.2. The predicted molar refractivity (Wildman–Crippen MR) is 97.9 cm³/mol. The lowest BCUT2D eigenvalue weighted by atomic mass is 10.0. The van der Waals surface area contributed by atoms with E-state index in [2.05, 4.69) is 12.1 Å². The number of aryl methyl sites for hydroxylation is 1. The number of carboxylic acid groups (broad SMARTS) is 1. The molecule has 0 fully saturated rings. The maximum Gasteiger partial charge on any atom is 0.358 e. The van der Waals surface area contributed by atoms with Crippen LogP contribution in [0.4, 0.5) is 0 Å². The molecular weight excluding hydrogens is 302 g/mol. The summed E-state index contributed by atoms with van der Waals surface area (Å²) in [6, 6.07) is 7.23. The number of carboxylic acids is 1. The molecule has 0 aliphatic heterocycles. The van der Waals surface area contributed by atoms with Gasteiger partial charge in [0, 0.05) is 5.56 Å². The van der Waals surface area contributed by atoms with Gasteiger partial charge in [0.25, 0.3) is 0 Å². The summed E-state index contributed by atoms with van der Waals surface area (Å²) >= 11 is 0. The van der Waals surface area contributed by atoms with Crippen molar-refractivity contribution in [2.24, 2.45) is 5.16 Å². The number of benzene rings is 1. The Hall–Kier alpha value is -1.84. The summed E-state index contributed by atoms with van der Waals surface area (Å²) in [4.78, 5) is 10.9. The summed E-state index contributed by atoms with van der Waals surface area (Å²) in [6.45, 7) is 2.25. The van der Waals surface area contributed by atoms with Crippen molar-refractivity contribution in [2.45, 2.75) is 77.6 Å². The van der Waals surface area contributed by atoms with E-state index in [0.29, 0.717) is 5.56 Å². The molecule has 0 saturated heterocycles. The SMILES string of the molecule is CCCCCCCCCCCCc1ccc(C(=NO)C(=O)O)cc1. The lowest BCUT2D eigenvalue weighted by Crippen LogP contribution is -2.14. The van der Waals surface area contributed by atoms with E-state index >= 15 is 0 Å². The minimum atomic E-state index is -1.22. The second kappa shape index (κ2) is 12.6. The number of unbranched alkanes of at least 4 members (excludes halogenated alkanes) is 9. The maximum absolute atomic E-state index is 10.9. The molecule has 0 unspecified atom stereocenters. The third-order valence-corrected chi connectivity index (χ3v) is 4.35. The van der Waals surface area contributed by atoms with Gasteiger partial charge in [0.1, 0.15) is 0 Å². The minimum Gasteiger partial charge on any atom is -0.476 e. The molecule has 0 aromatic heterocycles. The third kappa shape index (κ3) is 8.14. The Kier molecular flexibility index (Phi) is 10.6. The van der Waals surface area contributed by atoms with Crippen LogP contribution in [-0.2, 0) is 11.2 Å². The van der Waals surface area contributed by atoms with Gasteiger partial charge in [0.2, 0.25) is 0 Å². The molecule has 1 aromatic rings. The number of carbonyl (C=O) groups is 1. The van der Waals surface area contributed by atoms with Gasteiger partial charge in [-0.3, -0.25) is 0 Å². The van der Waals surface area contributed by atoms with Gasteiger partial charge in [-0.05, 0) is 18.4 Å². The first-order valence-electron chi connectivity index (χ1n) is 9.23. The molecule has 24 heavy (non-hydrogen) atoms.